The smallest absolute Gasteiger partial charge is 0.258 e. The number of hydrogen-bond acceptors (Lipinski definition) is 4. The van der Waals surface area contributed by atoms with Gasteiger partial charge in [0.1, 0.15) is 11.5 Å². The minimum absolute atomic E-state index is 0.0429. The molecule has 0 bridgehead atoms. The van der Waals surface area contributed by atoms with E-state index in [1.165, 1.54) is 12.1 Å². The highest BCUT2D eigenvalue weighted by atomic mass is 19.1. The van der Waals surface area contributed by atoms with Gasteiger partial charge in [-0.1, -0.05) is 6.07 Å². The summed E-state index contributed by atoms with van der Waals surface area (Å²) in [4.78, 5) is 21.5. The molecule has 0 radical (unpaired) electrons. The van der Waals surface area contributed by atoms with Crippen molar-refractivity contribution in [3.05, 3.63) is 76.1 Å². The second kappa shape index (κ2) is 6.88. The van der Waals surface area contributed by atoms with Crippen molar-refractivity contribution in [1.29, 1.82) is 0 Å². The molecule has 2 aromatic heterocycles. The molecule has 4 rings (SSSR count). The first-order valence-corrected chi connectivity index (χ1v) is 8.80. The first-order valence-electron chi connectivity index (χ1n) is 8.80. The maximum atomic E-state index is 13.1. The molecule has 3 aromatic rings. The molecule has 6 heteroatoms. The van der Waals surface area contributed by atoms with Crippen molar-refractivity contribution in [2.45, 2.75) is 13.5 Å². The molecular formula is C20H21FN4O. The van der Waals surface area contributed by atoms with E-state index in [1.807, 2.05) is 37.4 Å². The second-order valence-corrected chi connectivity index (χ2v) is 6.76. The standard InChI is InChI=1S/C20H21FN4O/c1-15-2-7-19-22-17(12-20(26)25(19)13-15)14-23-8-10-24(11-9-23)18-5-3-16(21)4-6-18/h2-7,12-13H,8-11,14H2,1H3. The van der Waals surface area contributed by atoms with Gasteiger partial charge in [-0.25, -0.2) is 9.37 Å². The van der Waals surface area contributed by atoms with Gasteiger partial charge in [0.05, 0.1) is 5.69 Å². The molecule has 134 valence electrons. The quantitative estimate of drug-likeness (QED) is 0.726. The second-order valence-electron chi connectivity index (χ2n) is 6.76. The highest BCUT2D eigenvalue weighted by Gasteiger charge is 2.18. The van der Waals surface area contributed by atoms with E-state index in [1.54, 1.807) is 10.5 Å². The Hall–Kier alpha value is -2.73. The first kappa shape index (κ1) is 16.7. The number of nitrogens with zero attached hydrogens (tertiary/aromatic N) is 4. The Labute approximate surface area is 151 Å². The molecule has 3 heterocycles. The maximum absolute atomic E-state index is 13.1. The topological polar surface area (TPSA) is 40.9 Å². The molecule has 1 saturated heterocycles. The number of aryl methyl sites for hydroxylation is 1. The van der Waals surface area contributed by atoms with E-state index in [-0.39, 0.29) is 11.4 Å². The summed E-state index contributed by atoms with van der Waals surface area (Å²) in [5, 5.41) is 0. The molecule has 0 atom stereocenters. The first-order chi connectivity index (χ1) is 12.6. The Balaban J connectivity index is 1.44. The molecule has 0 amide bonds. The Kier molecular flexibility index (Phi) is 4.42. The third kappa shape index (κ3) is 3.46. The fourth-order valence-corrected chi connectivity index (χ4v) is 3.38. The molecular weight excluding hydrogens is 331 g/mol. The summed E-state index contributed by atoms with van der Waals surface area (Å²) in [5.41, 5.74) is 3.52. The largest absolute Gasteiger partial charge is 0.369 e. The lowest BCUT2D eigenvalue weighted by Gasteiger charge is -2.35. The van der Waals surface area contributed by atoms with Crippen LogP contribution in [0.1, 0.15) is 11.3 Å². The molecule has 1 fully saturated rings. The van der Waals surface area contributed by atoms with Crippen molar-refractivity contribution in [3.8, 4) is 0 Å². The molecule has 0 spiro atoms. The number of aromatic nitrogens is 2. The summed E-state index contributed by atoms with van der Waals surface area (Å²) in [6.07, 6.45) is 1.82. The molecule has 1 aliphatic heterocycles. The van der Waals surface area contributed by atoms with Gasteiger partial charge >= 0.3 is 0 Å². The van der Waals surface area contributed by atoms with Gasteiger partial charge in [0.25, 0.3) is 5.56 Å². The summed E-state index contributed by atoms with van der Waals surface area (Å²) in [7, 11) is 0. The van der Waals surface area contributed by atoms with Crippen LogP contribution in [-0.4, -0.2) is 40.5 Å². The summed E-state index contributed by atoms with van der Waals surface area (Å²) in [6.45, 7) is 6.13. The van der Waals surface area contributed by atoms with E-state index in [4.69, 9.17) is 0 Å². The van der Waals surface area contributed by atoms with Crippen molar-refractivity contribution in [2.75, 3.05) is 31.1 Å². The number of hydrogen-bond donors (Lipinski definition) is 0. The van der Waals surface area contributed by atoms with E-state index in [0.717, 1.165) is 43.1 Å². The van der Waals surface area contributed by atoms with E-state index in [2.05, 4.69) is 14.8 Å². The number of anilines is 1. The van der Waals surface area contributed by atoms with E-state index < -0.39 is 0 Å². The number of benzene rings is 1. The van der Waals surface area contributed by atoms with E-state index in [9.17, 15) is 9.18 Å². The van der Waals surface area contributed by atoms with Gasteiger partial charge in [0, 0.05) is 50.7 Å². The Morgan fingerprint density at radius 1 is 1.04 bits per heavy atom. The van der Waals surface area contributed by atoms with Crippen molar-refractivity contribution in [2.24, 2.45) is 0 Å². The normalized spacial score (nSPS) is 15.5. The third-order valence-corrected chi connectivity index (χ3v) is 4.81. The highest BCUT2D eigenvalue weighted by Crippen LogP contribution is 2.17. The van der Waals surface area contributed by atoms with Gasteiger partial charge in [0.2, 0.25) is 0 Å². The SMILES string of the molecule is Cc1ccc2nc(CN3CCN(c4ccc(F)cc4)CC3)cc(=O)n2c1. The predicted molar refractivity (Wildman–Crippen MR) is 100 cm³/mol. The molecule has 26 heavy (non-hydrogen) atoms. The molecule has 0 saturated carbocycles. The number of halogens is 1. The Morgan fingerprint density at radius 2 is 1.77 bits per heavy atom. The summed E-state index contributed by atoms with van der Waals surface area (Å²) < 4.78 is 14.7. The Morgan fingerprint density at radius 3 is 2.50 bits per heavy atom. The van der Waals surface area contributed by atoms with Crippen LogP contribution in [0.25, 0.3) is 5.65 Å². The van der Waals surface area contributed by atoms with Gasteiger partial charge in [-0.05, 0) is 42.8 Å². The number of pyridine rings is 1. The van der Waals surface area contributed by atoms with Crippen LogP contribution in [0.5, 0.6) is 0 Å². The molecule has 0 N–H and O–H groups in total. The fourth-order valence-electron chi connectivity index (χ4n) is 3.38. The van der Waals surface area contributed by atoms with Gasteiger partial charge in [-0.3, -0.25) is 14.1 Å². The van der Waals surface area contributed by atoms with Crippen LogP contribution in [0.4, 0.5) is 10.1 Å². The van der Waals surface area contributed by atoms with E-state index in [0.29, 0.717) is 12.2 Å². The zero-order valence-electron chi connectivity index (χ0n) is 14.7. The van der Waals surface area contributed by atoms with Crippen LogP contribution in [-0.2, 0) is 6.54 Å². The number of rotatable bonds is 3. The highest BCUT2D eigenvalue weighted by molar-refractivity contribution is 5.46. The number of piperazine rings is 1. The van der Waals surface area contributed by atoms with Crippen LogP contribution in [0.2, 0.25) is 0 Å². The van der Waals surface area contributed by atoms with Gasteiger partial charge in [-0.2, -0.15) is 0 Å². The van der Waals surface area contributed by atoms with E-state index >= 15 is 0 Å². The average molecular weight is 352 g/mol. The minimum Gasteiger partial charge on any atom is -0.369 e. The van der Waals surface area contributed by atoms with Gasteiger partial charge < -0.3 is 4.90 Å². The van der Waals surface area contributed by atoms with Crippen LogP contribution in [0.3, 0.4) is 0 Å². The molecule has 0 aliphatic carbocycles. The van der Waals surface area contributed by atoms with Crippen molar-refractivity contribution >= 4 is 11.3 Å². The lowest BCUT2D eigenvalue weighted by Crippen LogP contribution is -2.46. The zero-order valence-corrected chi connectivity index (χ0v) is 14.7. The summed E-state index contributed by atoms with van der Waals surface area (Å²) in [6, 6.07) is 12.1. The van der Waals surface area contributed by atoms with Crippen molar-refractivity contribution < 1.29 is 4.39 Å². The maximum Gasteiger partial charge on any atom is 0.258 e. The van der Waals surface area contributed by atoms with Crippen molar-refractivity contribution in [1.82, 2.24) is 14.3 Å². The number of fused-ring (bicyclic) bond motifs is 1. The molecule has 1 aromatic carbocycles. The Bertz CT molecular complexity index is 975. The molecule has 1 aliphatic rings. The summed E-state index contributed by atoms with van der Waals surface area (Å²) >= 11 is 0. The van der Waals surface area contributed by atoms with Gasteiger partial charge in [-0.15, -0.1) is 0 Å². The van der Waals surface area contributed by atoms with Crippen LogP contribution < -0.4 is 10.5 Å². The summed E-state index contributed by atoms with van der Waals surface area (Å²) in [5.74, 6) is -0.212. The predicted octanol–water partition coefficient (Wildman–Crippen LogP) is 2.46. The molecule has 5 nitrogen and oxygen atoms in total. The zero-order chi connectivity index (χ0) is 18.1. The van der Waals surface area contributed by atoms with Crippen LogP contribution >= 0.6 is 0 Å². The lowest BCUT2D eigenvalue weighted by atomic mass is 10.2. The van der Waals surface area contributed by atoms with Crippen molar-refractivity contribution in [3.63, 3.8) is 0 Å². The fraction of sp³-hybridized carbons (Fsp3) is 0.300. The van der Waals surface area contributed by atoms with Crippen LogP contribution in [0, 0.1) is 12.7 Å². The average Bonchev–Trinajstić information content (AvgIpc) is 2.64. The van der Waals surface area contributed by atoms with Crippen LogP contribution in [0.15, 0.2) is 53.5 Å². The molecule has 0 unspecified atom stereocenters. The lowest BCUT2D eigenvalue weighted by molar-refractivity contribution is 0.247. The van der Waals surface area contributed by atoms with Gasteiger partial charge in [0.15, 0.2) is 0 Å². The minimum atomic E-state index is -0.212. The third-order valence-electron chi connectivity index (χ3n) is 4.81. The monoisotopic (exact) mass is 352 g/mol.